The number of para-hydroxylation sites is 4. The monoisotopic (exact) mass is 1240 g/mol. The van der Waals surface area contributed by atoms with Gasteiger partial charge in [-0.3, -0.25) is 0 Å². The summed E-state index contributed by atoms with van der Waals surface area (Å²) < 4.78 is 15.6. The zero-order chi connectivity index (χ0) is 60.4. The Balaban J connectivity index is 0.000000132. The molecule has 0 aliphatic carbocycles. The number of hydrogen-bond acceptors (Lipinski definition) is 4. The molecule has 0 fully saturated rings. The third kappa shape index (κ3) is 8.35. The first-order valence-corrected chi connectivity index (χ1v) is 34.5. The summed E-state index contributed by atoms with van der Waals surface area (Å²) in [5, 5.41) is 13.2. The fourth-order valence-electron chi connectivity index (χ4n) is 14.5. The first-order valence-electron chi connectivity index (χ1n) is 31.2. The predicted octanol–water partition coefficient (Wildman–Crippen LogP) is 26.2. The van der Waals surface area contributed by atoms with Crippen LogP contribution in [0.4, 0.5) is 0 Å². The van der Waals surface area contributed by atoms with Crippen molar-refractivity contribution in [2.45, 2.75) is 0 Å². The van der Waals surface area contributed by atoms with Crippen LogP contribution in [0.25, 0.3) is 181 Å². The van der Waals surface area contributed by atoms with E-state index >= 15 is 0 Å². The van der Waals surface area contributed by atoms with Crippen LogP contribution < -0.4 is 0 Å². The fraction of sp³-hybridized carbons (Fsp3) is 0. The Morgan fingerprint density at radius 3 is 1.04 bits per heavy atom. The molecule has 0 N–H and O–H groups in total. The fourth-order valence-corrected chi connectivity index (χ4v) is 19.8. The van der Waals surface area contributed by atoms with Gasteiger partial charge in [0.25, 0.3) is 0 Å². The quantitative estimate of drug-likeness (QED) is 0.151. The van der Waals surface area contributed by atoms with Gasteiger partial charge in [0.15, 0.2) is 0 Å². The van der Waals surface area contributed by atoms with E-state index in [1.165, 1.54) is 181 Å². The highest BCUT2D eigenvalue weighted by Crippen LogP contribution is 2.50. The van der Waals surface area contributed by atoms with E-state index in [4.69, 9.17) is 0 Å². The molecule has 0 atom stereocenters. The second-order valence-corrected chi connectivity index (χ2v) is 27.9. The average Bonchev–Trinajstić information content (AvgIpc) is 1.58. The molecular weight excluding hydrogens is 1190 g/mol. The topological polar surface area (TPSA) is 9.86 Å². The van der Waals surface area contributed by atoms with Crippen molar-refractivity contribution in [1.29, 1.82) is 0 Å². The molecule has 14 aromatic carbocycles. The Kier molecular flexibility index (Phi) is 12.4. The standard InChI is InChI=1S/C44H27NS2.C42H25NS2/c1-3-12-28(13-4-1)33-18-9-20-36-40-32(17-11-23-39(40)46-42(33)36)29-24-26-30(27-25-29)34-19-10-21-37-41-44(47-43(34)37)35-16-7-8-22-38(35)45(41)31-14-5-2-6-15-31;1-2-11-29(12-3-1)43-36-18-7-6-14-33(36)42-39(43)35-17-8-16-32(41(35)45-42)28-22-20-27(21-23-28)30-15-9-19-37-38(30)34-25-24-26-10-4-5-13-31(26)40(34)44-37/h1-27H;1-25H. The summed E-state index contributed by atoms with van der Waals surface area (Å²) in [6.45, 7) is 0. The smallest absolute Gasteiger partial charge is 0.0727 e. The number of thiophene rings is 4. The summed E-state index contributed by atoms with van der Waals surface area (Å²) in [5.41, 5.74) is 20.2. The molecule has 6 heteroatoms. The zero-order valence-electron chi connectivity index (χ0n) is 49.5. The summed E-state index contributed by atoms with van der Waals surface area (Å²) in [6.07, 6.45) is 0. The van der Waals surface area contributed by atoms with Crippen LogP contribution in [0.5, 0.6) is 0 Å². The van der Waals surface area contributed by atoms with E-state index in [0.717, 1.165) is 0 Å². The average molecular weight is 1240 g/mol. The van der Waals surface area contributed by atoms with E-state index in [1.807, 2.05) is 45.3 Å². The van der Waals surface area contributed by atoms with E-state index in [9.17, 15) is 0 Å². The molecule has 430 valence electrons. The van der Waals surface area contributed by atoms with Crippen LogP contribution in [0.3, 0.4) is 0 Å². The van der Waals surface area contributed by atoms with Gasteiger partial charge in [-0.05, 0) is 115 Å². The first-order chi connectivity index (χ1) is 45.7. The Morgan fingerprint density at radius 2 is 0.543 bits per heavy atom. The van der Waals surface area contributed by atoms with E-state index in [0.29, 0.717) is 0 Å². The molecular formula is C86H52N2S4. The summed E-state index contributed by atoms with van der Waals surface area (Å²) in [5.74, 6) is 0. The van der Waals surface area contributed by atoms with Gasteiger partial charge < -0.3 is 9.13 Å². The molecule has 0 spiro atoms. The van der Waals surface area contributed by atoms with Gasteiger partial charge in [0, 0.05) is 82.7 Å². The highest BCUT2D eigenvalue weighted by Gasteiger charge is 2.23. The van der Waals surface area contributed by atoms with Crippen molar-refractivity contribution in [2.24, 2.45) is 0 Å². The van der Waals surface area contributed by atoms with Gasteiger partial charge in [-0.25, -0.2) is 0 Å². The first kappa shape index (κ1) is 53.2. The highest BCUT2D eigenvalue weighted by molar-refractivity contribution is 7.28. The molecule has 0 saturated carbocycles. The van der Waals surface area contributed by atoms with Gasteiger partial charge in [-0.1, -0.05) is 267 Å². The summed E-state index contributed by atoms with van der Waals surface area (Å²) in [4.78, 5) is 0. The van der Waals surface area contributed by atoms with Gasteiger partial charge in [-0.15, -0.1) is 45.3 Å². The number of benzene rings is 14. The van der Waals surface area contributed by atoms with Crippen LogP contribution >= 0.6 is 45.3 Å². The molecule has 0 saturated heterocycles. The Labute approximate surface area is 546 Å². The molecule has 0 bridgehead atoms. The van der Waals surface area contributed by atoms with Crippen LogP contribution in [0, 0.1) is 0 Å². The maximum Gasteiger partial charge on any atom is 0.0727 e. The number of aromatic nitrogens is 2. The van der Waals surface area contributed by atoms with Crippen LogP contribution in [-0.2, 0) is 0 Å². The van der Waals surface area contributed by atoms with Gasteiger partial charge in [0.2, 0.25) is 0 Å². The van der Waals surface area contributed by atoms with Crippen molar-refractivity contribution in [3.05, 3.63) is 315 Å². The summed E-state index contributed by atoms with van der Waals surface area (Å²) in [7, 11) is 0. The molecule has 20 aromatic rings. The third-order valence-electron chi connectivity index (χ3n) is 18.6. The van der Waals surface area contributed by atoms with Crippen molar-refractivity contribution < 1.29 is 0 Å². The zero-order valence-corrected chi connectivity index (χ0v) is 52.8. The molecule has 2 nitrogen and oxygen atoms in total. The maximum absolute atomic E-state index is 2.44. The van der Waals surface area contributed by atoms with Gasteiger partial charge >= 0.3 is 0 Å². The largest absolute Gasteiger partial charge is 0.308 e. The number of nitrogens with zero attached hydrogens (tertiary/aromatic N) is 2. The van der Waals surface area contributed by atoms with Gasteiger partial charge in [0.1, 0.15) is 0 Å². The summed E-state index contributed by atoms with van der Waals surface area (Å²) in [6, 6.07) is 115. The van der Waals surface area contributed by atoms with Crippen molar-refractivity contribution >= 4 is 159 Å². The molecule has 92 heavy (non-hydrogen) atoms. The second kappa shape index (κ2) is 21.5. The van der Waals surface area contributed by atoms with Crippen LogP contribution in [-0.4, -0.2) is 9.13 Å². The van der Waals surface area contributed by atoms with E-state index < -0.39 is 0 Å². The van der Waals surface area contributed by atoms with Crippen molar-refractivity contribution in [3.63, 3.8) is 0 Å². The minimum atomic E-state index is 1.19. The lowest BCUT2D eigenvalue weighted by Crippen LogP contribution is -1.92. The van der Waals surface area contributed by atoms with E-state index in [2.05, 4.69) is 325 Å². The molecule has 20 rings (SSSR count). The molecule has 0 radical (unpaired) electrons. The molecule has 0 aliphatic rings. The molecule has 0 aliphatic heterocycles. The van der Waals surface area contributed by atoms with Crippen LogP contribution in [0.15, 0.2) is 315 Å². The minimum Gasteiger partial charge on any atom is -0.308 e. The number of rotatable bonds is 7. The maximum atomic E-state index is 2.44. The van der Waals surface area contributed by atoms with Crippen molar-refractivity contribution in [3.8, 4) is 67.0 Å². The van der Waals surface area contributed by atoms with Crippen molar-refractivity contribution in [2.75, 3.05) is 0 Å². The molecule has 0 amide bonds. The Morgan fingerprint density at radius 1 is 0.196 bits per heavy atom. The SMILES string of the molecule is c1ccc(-c2cccc3c2sc2cccc(-c4ccc(-c5cccc6c5sc5c7ccccc7n(-c7ccccc7)c65)cc4)c23)cc1.c1ccc(-n2c3ccccc3c3sc4c(-c5ccc(-c6cccc7sc8c9ccccc9ccc8c67)cc5)cccc4c32)cc1. The third-order valence-corrected chi connectivity index (χ3v) is 23.6. The van der Waals surface area contributed by atoms with Crippen LogP contribution in [0.2, 0.25) is 0 Å². The van der Waals surface area contributed by atoms with E-state index in [-0.39, 0.29) is 0 Å². The van der Waals surface area contributed by atoms with Crippen LogP contribution in [0.1, 0.15) is 0 Å². The number of fused-ring (bicyclic) bond motifs is 18. The van der Waals surface area contributed by atoms with Gasteiger partial charge in [-0.2, -0.15) is 0 Å². The second-order valence-electron chi connectivity index (χ2n) is 23.7. The number of hydrogen-bond donors (Lipinski definition) is 0. The van der Waals surface area contributed by atoms with Crippen molar-refractivity contribution in [1.82, 2.24) is 9.13 Å². The molecule has 6 heterocycles. The lowest BCUT2D eigenvalue weighted by molar-refractivity contribution is 1.19. The van der Waals surface area contributed by atoms with Gasteiger partial charge in [0.05, 0.1) is 31.5 Å². The highest BCUT2D eigenvalue weighted by atomic mass is 32.1. The molecule has 6 aromatic heterocycles. The Hall–Kier alpha value is -10.7. The molecule has 0 unspecified atom stereocenters. The minimum absolute atomic E-state index is 1.19. The lowest BCUT2D eigenvalue weighted by Gasteiger charge is -2.10. The lowest BCUT2D eigenvalue weighted by atomic mass is 9.95. The van der Waals surface area contributed by atoms with E-state index in [1.54, 1.807) is 0 Å². The Bertz CT molecular complexity index is 6280. The predicted molar refractivity (Wildman–Crippen MR) is 403 cm³/mol. The summed E-state index contributed by atoms with van der Waals surface area (Å²) >= 11 is 7.63. The normalized spacial score (nSPS) is 11.9.